The van der Waals surface area contributed by atoms with Crippen LogP contribution >= 0.6 is 11.6 Å². The number of alkyl halides is 1. The summed E-state index contributed by atoms with van der Waals surface area (Å²) in [5.74, 6) is 1.16. The van der Waals surface area contributed by atoms with E-state index >= 15 is 0 Å². The maximum absolute atomic E-state index is 6.02. The molecule has 0 amide bonds. The molecule has 11 heavy (non-hydrogen) atoms. The second kappa shape index (κ2) is 1.90. The van der Waals surface area contributed by atoms with Crippen LogP contribution in [0.4, 0.5) is 0 Å². The van der Waals surface area contributed by atoms with Gasteiger partial charge >= 0.3 is 0 Å². The molecular weight excluding hydrogens is 160 g/mol. The topological polar surface area (TPSA) is 12.5 Å². The Bertz CT molecular complexity index is 222. The molecule has 0 bridgehead atoms. The summed E-state index contributed by atoms with van der Waals surface area (Å²) < 4.78 is 5.33. The molecule has 3 unspecified atom stereocenters. The molecule has 0 aromatic rings. The van der Waals surface area contributed by atoms with Crippen molar-refractivity contribution in [2.75, 3.05) is 0 Å². The summed E-state index contributed by atoms with van der Waals surface area (Å²) in [5.41, 5.74) is 0. The van der Waals surface area contributed by atoms with E-state index in [1.807, 2.05) is 0 Å². The van der Waals surface area contributed by atoms with Gasteiger partial charge in [-0.2, -0.15) is 0 Å². The third kappa shape index (κ3) is 0.878. The normalized spacial score (nSPS) is 63.2. The van der Waals surface area contributed by atoms with Crippen molar-refractivity contribution in [1.82, 2.24) is 0 Å². The van der Waals surface area contributed by atoms with Crippen molar-refractivity contribution < 1.29 is 4.74 Å². The highest BCUT2D eigenvalue weighted by Crippen LogP contribution is 2.48. The molecule has 0 N–H and O–H groups in total. The van der Waals surface area contributed by atoms with Crippen molar-refractivity contribution in [1.29, 1.82) is 0 Å². The Balaban J connectivity index is 1.87. The van der Waals surface area contributed by atoms with Gasteiger partial charge in [0.25, 0.3) is 0 Å². The summed E-state index contributed by atoms with van der Waals surface area (Å²) in [6.07, 6.45) is 9.42. The summed E-state index contributed by atoms with van der Waals surface area (Å²) in [6.45, 7) is 0. The molecule has 3 rings (SSSR count). The molecule has 2 aliphatic carbocycles. The van der Waals surface area contributed by atoms with Gasteiger partial charge in [-0.15, -0.1) is 11.6 Å². The SMILES string of the molecule is ClC1[C@H]2/C=C\C3OC3/C=C\[C@@H]12. The molecule has 1 saturated carbocycles. The highest BCUT2D eigenvalue weighted by Gasteiger charge is 2.48. The monoisotopic (exact) mass is 168 g/mol. The van der Waals surface area contributed by atoms with E-state index in [1.54, 1.807) is 0 Å². The molecule has 1 nitrogen and oxygen atoms in total. The lowest BCUT2D eigenvalue weighted by molar-refractivity contribution is 0.413. The van der Waals surface area contributed by atoms with E-state index in [4.69, 9.17) is 16.3 Å². The number of allylic oxidation sites excluding steroid dienone is 2. The molecule has 0 aromatic heterocycles. The molecule has 1 saturated heterocycles. The fourth-order valence-corrected chi connectivity index (χ4v) is 2.13. The van der Waals surface area contributed by atoms with Gasteiger partial charge in [0.2, 0.25) is 0 Å². The van der Waals surface area contributed by atoms with E-state index in [0.717, 1.165) is 0 Å². The minimum absolute atomic E-state index is 0.347. The van der Waals surface area contributed by atoms with Gasteiger partial charge in [-0.3, -0.25) is 0 Å². The third-order valence-electron chi connectivity index (χ3n) is 2.65. The van der Waals surface area contributed by atoms with Crippen LogP contribution in [0.15, 0.2) is 24.3 Å². The Morgan fingerprint density at radius 1 is 0.909 bits per heavy atom. The number of hydrogen-bond acceptors (Lipinski definition) is 1. The van der Waals surface area contributed by atoms with Gasteiger partial charge in [0, 0.05) is 17.2 Å². The first-order valence-corrected chi connectivity index (χ1v) is 4.46. The van der Waals surface area contributed by atoms with Crippen LogP contribution in [0.2, 0.25) is 0 Å². The van der Waals surface area contributed by atoms with E-state index in [-0.39, 0.29) is 0 Å². The van der Waals surface area contributed by atoms with Crippen molar-refractivity contribution in [3.63, 3.8) is 0 Å². The quantitative estimate of drug-likeness (QED) is 0.305. The highest BCUT2D eigenvalue weighted by molar-refractivity contribution is 6.23. The number of fused-ring (bicyclic) bond motifs is 2. The van der Waals surface area contributed by atoms with Crippen LogP contribution < -0.4 is 0 Å². The second-order valence-corrected chi connectivity index (χ2v) is 3.94. The summed E-state index contributed by atoms with van der Waals surface area (Å²) in [6, 6.07) is 0. The zero-order valence-electron chi connectivity index (χ0n) is 5.98. The highest BCUT2D eigenvalue weighted by atomic mass is 35.5. The van der Waals surface area contributed by atoms with Crippen molar-refractivity contribution in [2.24, 2.45) is 11.8 Å². The second-order valence-electron chi connectivity index (χ2n) is 3.43. The van der Waals surface area contributed by atoms with Crippen molar-refractivity contribution in [3.05, 3.63) is 24.3 Å². The zero-order valence-corrected chi connectivity index (χ0v) is 6.74. The maximum atomic E-state index is 6.02. The summed E-state index contributed by atoms with van der Waals surface area (Å²) in [4.78, 5) is 0. The minimum atomic E-state index is 0.347. The van der Waals surface area contributed by atoms with Gasteiger partial charge in [-0.1, -0.05) is 24.3 Å². The van der Waals surface area contributed by atoms with Crippen LogP contribution in [0.1, 0.15) is 0 Å². The van der Waals surface area contributed by atoms with Gasteiger partial charge in [0.05, 0.1) is 0 Å². The minimum Gasteiger partial charge on any atom is -0.361 e. The van der Waals surface area contributed by atoms with Gasteiger partial charge < -0.3 is 4.74 Å². The standard InChI is InChI=1S/C9H9ClO/c10-9-5-1-3-7-8(11-7)4-2-6(5)9/h1-9H/b3-1-,4-2-/t5-,6+,7?,8?,9?. The van der Waals surface area contributed by atoms with Crippen LogP contribution in [0.25, 0.3) is 0 Å². The number of ether oxygens (including phenoxy) is 1. The molecule has 2 heteroatoms. The molecule has 0 spiro atoms. The van der Waals surface area contributed by atoms with E-state index in [2.05, 4.69) is 24.3 Å². The van der Waals surface area contributed by atoms with Crippen LogP contribution in [-0.4, -0.2) is 17.6 Å². The molecular formula is C9H9ClO. The predicted octanol–water partition coefficient (Wildman–Crippen LogP) is 1.73. The predicted molar refractivity (Wildman–Crippen MR) is 43.6 cm³/mol. The Labute approximate surface area is 70.7 Å². The van der Waals surface area contributed by atoms with E-state index in [9.17, 15) is 0 Å². The first-order chi connectivity index (χ1) is 5.36. The van der Waals surface area contributed by atoms with Gasteiger partial charge in [-0.25, -0.2) is 0 Å². The molecule has 1 heterocycles. The number of rotatable bonds is 0. The Morgan fingerprint density at radius 3 is 2.00 bits per heavy atom. The van der Waals surface area contributed by atoms with Crippen LogP contribution in [0.5, 0.6) is 0 Å². The lowest BCUT2D eigenvalue weighted by Gasteiger charge is -1.87. The molecule has 0 radical (unpaired) electrons. The van der Waals surface area contributed by atoms with Crippen LogP contribution in [-0.2, 0) is 4.74 Å². The molecule has 3 aliphatic rings. The van der Waals surface area contributed by atoms with E-state index < -0.39 is 0 Å². The Kier molecular flexibility index (Phi) is 1.09. The van der Waals surface area contributed by atoms with Gasteiger partial charge in [0.1, 0.15) is 12.2 Å². The molecule has 58 valence electrons. The average Bonchev–Trinajstić information content (AvgIpc) is 2.77. The smallest absolute Gasteiger partial charge is 0.106 e. The number of epoxide rings is 1. The zero-order chi connectivity index (χ0) is 7.42. The van der Waals surface area contributed by atoms with E-state index in [0.29, 0.717) is 29.4 Å². The van der Waals surface area contributed by atoms with Crippen LogP contribution in [0.3, 0.4) is 0 Å². The average molecular weight is 169 g/mol. The Morgan fingerprint density at radius 2 is 1.45 bits per heavy atom. The lowest BCUT2D eigenvalue weighted by Crippen LogP contribution is -1.88. The maximum Gasteiger partial charge on any atom is 0.106 e. The lowest BCUT2D eigenvalue weighted by atomic mass is 10.1. The largest absolute Gasteiger partial charge is 0.361 e. The Hall–Kier alpha value is -0.270. The summed E-state index contributed by atoms with van der Waals surface area (Å²) >= 11 is 6.02. The number of hydrogen-bond donors (Lipinski definition) is 0. The van der Waals surface area contributed by atoms with E-state index in [1.165, 1.54) is 0 Å². The van der Waals surface area contributed by atoms with Crippen molar-refractivity contribution >= 4 is 11.6 Å². The van der Waals surface area contributed by atoms with Gasteiger partial charge in [-0.05, 0) is 0 Å². The molecule has 2 fully saturated rings. The molecule has 5 atom stereocenters. The molecule has 1 aliphatic heterocycles. The first-order valence-electron chi connectivity index (χ1n) is 4.02. The van der Waals surface area contributed by atoms with Gasteiger partial charge in [0.15, 0.2) is 0 Å². The number of halogens is 1. The van der Waals surface area contributed by atoms with Crippen molar-refractivity contribution in [2.45, 2.75) is 17.6 Å². The summed E-state index contributed by atoms with van der Waals surface area (Å²) in [7, 11) is 0. The third-order valence-corrected chi connectivity index (χ3v) is 3.23. The van der Waals surface area contributed by atoms with Crippen LogP contribution in [0, 0.1) is 11.8 Å². The van der Waals surface area contributed by atoms with Crippen molar-refractivity contribution in [3.8, 4) is 0 Å². The fourth-order valence-electron chi connectivity index (χ4n) is 1.71. The molecule has 0 aromatic carbocycles. The fraction of sp³-hybridized carbons (Fsp3) is 0.556. The summed E-state index contributed by atoms with van der Waals surface area (Å²) in [5, 5.41) is 0.347. The first kappa shape index (κ1) is 6.27.